The summed E-state index contributed by atoms with van der Waals surface area (Å²) >= 11 is 5.11. The van der Waals surface area contributed by atoms with Crippen LogP contribution in [0.1, 0.15) is 17.5 Å². The first kappa shape index (κ1) is 18.7. The highest BCUT2D eigenvalue weighted by Gasteiger charge is 2.03. The maximum absolute atomic E-state index is 12.0. The van der Waals surface area contributed by atoms with E-state index in [1.807, 2.05) is 48.5 Å². The molecule has 1 aromatic heterocycles. The van der Waals surface area contributed by atoms with Crippen LogP contribution in [0.25, 0.3) is 0 Å². The molecule has 0 spiro atoms. The predicted octanol–water partition coefficient (Wildman–Crippen LogP) is 3.89. The predicted molar refractivity (Wildman–Crippen MR) is 107 cm³/mol. The van der Waals surface area contributed by atoms with Gasteiger partial charge in [0.2, 0.25) is 5.91 Å². The smallest absolute Gasteiger partial charge is 0.221 e. The molecule has 1 N–H and O–H groups in total. The number of hydrogen-bond donors (Lipinski definition) is 1. The van der Waals surface area contributed by atoms with Gasteiger partial charge in [-0.25, -0.2) is 9.67 Å². The highest BCUT2D eigenvalue weighted by molar-refractivity contribution is 9.10. The van der Waals surface area contributed by atoms with Crippen molar-refractivity contribution in [3.63, 3.8) is 0 Å². The van der Waals surface area contributed by atoms with Gasteiger partial charge in [-0.2, -0.15) is 5.10 Å². The molecule has 0 bridgehead atoms. The third-order valence-corrected chi connectivity index (χ3v) is 5.28. The van der Waals surface area contributed by atoms with Gasteiger partial charge in [0.1, 0.15) is 12.7 Å². The van der Waals surface area contributed by atoms with Crippen LogP contribution in [0.2, 0.25) is 0 Å². The average molecular weight is 431 g/mol. The lowest BCUT2D eigenvalue weighted by atomic mass is 10.1. The van der Waals surface area contributed by atoms with Gasteiger partial charge in [0.05, 0.1) is 6.54 Å². The van der Waals surface area contributed by atoms with Crippen LogP contribution in [0.5, 0.6) is 0 Å². The van der Waals surface area contributed by atoms with E-state index in [1.165, 1.54) is 11.2 Å². The number of nitrogens with one attached hydrogen (secondary N) is 1. The van der Waals surface area contributed by atoms with E-state index in [0.717, 1.165) is 21.4 Å². The van der Waals surface area contributed by atoms with Gasteiger partial charge in [-0.05, 0) is 35.4 Å². The van der Waals surface area contributed by atoms with Crippen LogP contribution in [0.4, 0.5) is 0 Å². The van der Waals surface area contributed by atoms with Crippen molar-refractivity contribution in [2.75, 3.05) is 5.75 Å². The number of benzene rings is 2. The Morgan fingerprint density at radius 2 is 1.81 bits per heavy atom. The molecule has 7 heteroatoms. The van der Waals surface area contributed by atoms with Crippen molar-refractivity contribution >= 4 is 33.6 Å². The lowest BCUT2D eigenvalue weighted by molar-refractivity contribution is -0.120. The van der Waals surface area contributed by atoms with Crippen molar-refractivity contribution in [1.29, 1.82) is 0 Å². The molecule has 1 heterocycles. The first-order valence-corrected chi connectivity index (χ1v) is 10.0. The first-order valence-electron chi connectivity index (χ1n) is 8.24. The zero-order valence-corrected chi connectivity index (χ0v) is 16.5. The van der Waals surface area contributed by atoms with Gasteiger partial charge in [-0.3, -0.25) is 4.79 Å². The Hall–Kier alpha value is -2.12. The molecule has 134 valence electrons. The average Bonchev–Trinajstić information content (AvgIpc) is 3.16. The monoisotopic (exact) mass is 430 g/mol. The molecule has 2 aromatic carbocycles. The summed E-state index contributed by atoms with van der Waals surface area (Å²) in [6.45, 7) is 1.24. The van der Waals surface area contributed by atoms with Crippen LogP contribution in [-0.4, -0.2) is 26.4 Å². The molecule has 26 heavy (non-hydrogen) atoms. The Morgan fingerprint density at radius 3 is 2.50 bits per heavy atom. The number of thioether (sulfide) groups is 1. The Kier molecular flexibility index (Phi) is 6.85. The zero-order chi connectivity index (χ0) is 18.2. The number of carbonyl (C=O) groups excluding carboxylic acids is 1. The molecule has 0 aliphatic rings. The first-order chi connectivity index (χ1) is 12.7. The Bertz CT molecular complexity index is 820. The molecule has 0 aliphatic carbocycles. The number of hydrogen-bond acceptors (Lipinski definition) is 4. The van der Waals surface area contributed by atoms with E-state index in [-0.39, 0.29) is 5.91 Å². The van der Waals surface area contributed by atoms with Crippen molar-refractivity contribution in [3.05, 3.63) is 76.8 Å². The maximum Gasteiger partial charge on any atom is 0.221 e. The highest BCUT2D eigenvalue weighted by Crippen LogP contribution is 2.21. The van der Waals surface area contributed by atoms with Crippen LogP contribution < -0.4 is 5.32 Å². The van der Waals surface area contributed by atoms with Gasteiger partial charge in [-0.15, -0.1) is 11.8 Å². The minimum absolute atomic E-state index is 0.0707. The third-order valence-electron chi connectivity index (χ3n) is 3.74. The Labute approximate surface area is 165 Å². The van der Waals surface area contributed by atoms with Crippen molar-refractivity contribution in [3.8, 4) is 0 Å². The summed E-state index contributed by atoms with van der Waals surface area (Å²) in [6.07, 6.45) is 3.73. The van der Waals surface area contributed by atoms with Gasteiger partial charge in [0.25, 0.3) is 0 Å². The Balaban J connectivity index is 1.37. The number of aromatic nitrogens is 3. The van der Waals surface area contributed by atoms with Crippen LogP contribution in [0, 0.1) is 0 Å². The van der Waals surface area contributed by atoms with Crippen LogP contribution in [-0.2, 0) is 17.9 Å². The van der Waals surface area contributed by atoms with E-state index in [4.69, 9.17) is 0 Å². The fourth-order valence-corrected chi connectivity index (χ4v) is 3.46. The normalized spacial score (nSPS) is 10.7. The number of carbonyl (C=O) groups is 1. The standard InChI is InChI=1S/C19H19BrN4OS/c20-17-5-7-18(8-6-17)26-10-9-19(25)22-11-15-1-3-16(4-2-15)12-24-14-21-13-23-24/h1-8,13-14H,9-12H2,(H,22,25). The molecular formula is C19H19BrN4OS. The summed E-state index contributed by atoms with van der Waals surface area (Å²) < 4.78 is 2.84. The van der Waals surface area contributed by atoms with Crippen molar-refractivity contribution in [1.82, 2.24) is 20.1 Å². The molecule has 0 saturated carbocycles. The second kappa shape index (κ2) is 9.54. The maximum atomic E-state index is 12.0. The second-order valence-corrected chi connectivity index (χ2v) is 7.82. The van der Waals surface area contributed by atoms with Crippen LogP contribution in [0.15, 0.2) is 70.6 Å². The SMILES string of the molecule is O=C(CCSc1ccc(Br)cc1)NCc1ccc(Cn2cncn2)cc1. The topological polar surface area (TPSA) is 59.8 Å². The summed E-state index contributed by atoms with van der Waals surface area (Å²) in [4.78, 5) is 17.1. The van der Waals surface area contributed by atoms with Crippen LogP contribution in [0.3, 0.4) is 0 Å². The molecule has 0 saturated heterocycles. The molecule has 0 aliphatic heterocycles. The molecule has 3 aromatic rings. The molecular weight excluding hydrogens is 412 g/mol. The van der Waals surface area contributed by atoms with Gasteiger partial charge in [0, 0.05) is 28.1 Å². The van der Waals surface area contributed by atoms with E-state index >= 15 is 0 Å². The fraction of sp³-hybridized carbons (Fsp3) is 0.211. The lowest BCUT2D eigenvalue weighted by Gasteiger charge is -2.07. The zero-order valence-electron chi connectivity index (χ0n) is 14.1. The molecule has 0 atom stereocenters. The largest absolute Gasteiger partial charge is 0.352 e. The minimum atomic E-state index is 0.0707. The van der Waals surface area contributed by atoms with Crippen molar-refractivity contribution in [2.45, 2.75) is 24.4 Å². The summed E-state index contributed by atoms with van der Waals surface area (Å²) in [5.74, 6) is 0.839. The fourth-order valence-electron chi connectivity index (χ4n) is 2.35. The molecule has 3 rings (SSSR count). The number of rotatable bonds is 8. The van der Waals surface area contributed by atoms with Gasteiger partial charge >= 0.3 is 0 Å². The van der Waals surface area contributed by atoms with Gasteiger partial charge in [-0.1, -0.05) is 40.2 Å². The number of halogens is 1. The second-order valence-electron chi connectivity index (χ2n) is 5.74. The highest BCUT2D eigenvalue weighted by atomic mass is 79.9. The third kappa shape index (κ3) is 6.00. The van der Waals surface area contributed by atoms with E-state index in [0.29, 0.717) is 19.5 Å². The van der Waals surface area contributed by atoms with Crippen molar-refractivity contribution in [2.24, 2.45) is 0 Å². The summed E-state index contributed by atoms with van der Waals surface area (Å²) in [5, 5.41) is 7.06. The van der Waals surface area contributed by atoms with E-state index in [9.17, 15) is 4.79 Å². The van der Waals surface area contributed by atoms with Gasteiger partial charge < -0.3 is 5.32 Å². The molecule has 5 nitrogen and oxygen atoms in total. The molecule has 0 radical (unpaired) electrons. The molecule has 0 fully saturated rings. The quantitative estimate of drug-likeness (QED) is 0.550. The minimum Gasteiger partial charge on any atom is -0.352 e. The van der Waals surface area contributed by atoms with Crippen LogP contribution >= 0.6 is 27.7 Å². The van der Waals surface area contributed by atoms with E-state index < -0.39 is 0 Å². The van der Waals surface area contributed by atoms with Gasteiger partial charge in [0.15, 0.2) is 0 Å². The van der Waals surface area contributed by atoms with E-state index in [2.05, 4.69) is 31.3 Å². The number of amides is 1. The summed E-state index contributed by atoms with van der Waals surface area (Å²) in [5.41, 5.74) is 2.23. The molecule has 0 unspecified atom stereocenters. The molecule has 1 amide bonds. The Morgan fingerprint density at radius 1 is 1.08 bits per heavy atom. The summed E-state index contributed by atoms with van der Waals surface area (Å²) in [6, 6.07) is 16.3. The van der Waals surface area contributed by atoms with Crippen molar-refractivity contribution < 1.29 is 4.79 Å². The lowest BCUT2D eigenvalue weighted by Crippen LogP contribution is -2.23. The number of nitrogens with zero attached hydrogens (tertiary/aromatic N) is 3. The summed E-state index contributed by atoms with van der Waals surface area (Å²) in [7, 11) is 0. The van der Waals surface area contributed by atoms with E-state index in [1.54, 1.807) is 22.8 Å².